The number of hydrogen-bond donors (Lipinski definition) is 0. The molecule has 0 aromatic carbocycles. The SMILES string of the molecule is C=C(C)C(=O)OCC12CC3CC(CC(C3)C1CC)C2. The lowest BCUT2D eigenvalue weighted by Crippen LogP contribution is -2.54. The molecule has 0 heterocycles. The van der Waals surface area contributed by atoms with E-state index in [0.717, 1.165) is 23.7 Å². The smallest absolute Gasteiger partial charge is 0.333 e. The topological polar surface area (TPSA) is 26.3 Å². The van der Waals surface area contributed by atoms with Crippen LogP contribution in [0.3, 0.4) is 0 Å². The Labute approximate surface area is 116 Å². The molecule has 0 spiro atoms. The summed E-state index contributed by atoms with van der Waals surface area (Å²) in [5.41, 5.74) is 0.826. The molecule has 19 heavy (non-hydrogen) atoms. The third-order valence-electron chi connectivity index (χ3n) is 5.96. The van der Waals surface area contributed by atoms with Gasteiger partial charge < -0.3 is 4.74 Å². The first-order valence-electron chi connectivity index (χ1n) is 7.86. The van der Waals surface area contributed by atoms with Crippen molar-refractivity contribution < 1.29 is 9.53 Å². The highest BCUT2D eigenvalue weighted by Crippen LogP contribution is 2.63. The van der Waals surface area contributed by atoms with E-state index in [4.69, 9.17) is 4.74 Å². The lowest BCUT2D eigenvalue weighted by molar-refractivity contribution is -0.164. The Hall–Kier alpha value is -0.790. The first-order chi connectivity index (χ1) is 9.04. The first-order valence-corrected chi connectivity index (χ1v) is 7.86. The highest BCUT2D eigenvalue weighted by atomic mass is 16.5. The van der Waals surface area contributed by atoms with Crippen LogP contribution in [-0.4, -0.2) is 12.6 Å². The van der Waals surface area contributed by atoms with Crippen molar-refractivity contribution in [3.05, 3.63) is 12.2 Å². The standard InChI is InChI=1S/C17H26O2/c1-4-15-14-6-12-5-13(7-14)9-17(15,8-12)10-19-16(18)11(2)3/h12-15H,2,4-10H2,1,3H3. The molecular weight excluding hydrogens is 236 g/mol. The zero-order valence-electron chi connectivity index (χ0n) is 12.3. The molecule has 3 atom stereocenters. The minimum Gasteiger partial charge on any atom is -0.462 e. The van der Waals surface area contributed by atoms with Crippen molar-refractivity contribution in [3.63, 3.8) is 0 Å². The van der Waals surface area contributed by atoms with Crippen LogP contribution in [0.1, 0.15) is 52.4 Å². The monoisotopic (exact) mass is 262 g/mol. The fourth-order valence-electron chi connectivity index (χ4n) is 5.64. The van der Waals surface area contributed by atoms with Gasteiger partial charge in [-0.25, -0.2) is 4.79 Å². The van der Waals surface area contributed by atoms with E-state index in [0.29, 0.717) is 17.6 Å². The molecule has 4 aliphatic carbocycles. The summed E-state index contributed by atoms with van der Waals surface area (Å²) in [6.45, 7) is 8.37. The first kappa shape index (κ1) is 13.2. The molecule has 106 valence electrons. The molecule has 4 rings (SSSR count). The zero-order chi connectivity index (χ0) is 13.6. The van der Waals surface area contributed by atoms with E-state index < -0.39 is 0 Å². The lowest BCUT2D eigenvalue weighted by atomic mass is 9.45. The Balaban J connectivity index is 1.76. The van der Waals surface area contributed by atoms with Crippen molar-refractivity contribution in [2.45, 2.75) is 52.4 Å². The van der Waals surface area contributed by atoms with Crippen molar-refractivity contribution in [2.75, 3.05) is 6.61 Å². The van der Waals surface area contributed by atoms with E-state index in [1.54, 1.807) is 6.92 Å². The van der Waals surface area contributed by atoms with E-state index in [2.05, 4.69) is 13.5 Å². The van der Waals surface area contributed by atoms with E-state index >= 15 is 0 Å². The second-order valence-electron chi connectivity index (χ2n) is 7.34. The van der Waals surface area contributed by atoms with Crippen molar-refractivity contribution in [1.29, 1.82) is 0 Å². The summed E-state index contributed by atoms with van der Waals surface area (Å²) in [5, 5.41) is 0. The van der Waals surface area contributed by atoms with Crippen LogP contribution in [-0.2, 0) is 9.53 Å². The molecule has 0 aromatic heterocycles. The largest absolute Gasteiger partial charge is 0.462 e. The van der Waals surface area contributed by atoms with Gasteiger partial charge in [-0.15, -0.1) is 0 Å². The van der Waals surface area contributed by atoms with Crippen LogP contribution >= 0.6 is 0 Å². The zero-order valence-corrected chi connectivity index (χ0v) is 12.3. The molecular formula is C17H26O2. The third kappa shape index (κ3) is 2.13. The average Bonchev–Trinajstić information content (AvgIpc) is 2.35. The van der Waals surface area contributed by atoms with Gasteiger partial charge in [-0.05, 0) is 62.7 Å². The van der Waals surface area contributed by atoms with Crippen molar-refractivity contribution in [3.8, 4) is 0 Å². The summed E-state index contributed by atoms with van der Waals surface area (Å²) >= 11 is 0. The number of ether oxygens (including phenoxy) is 1. The van der Waals surface area contributed by atoms with Gasteiger partial charge in [0.25, 0.3) is 0 Å². The average molecular weight is 262 g/mol. The molecule has 0 aromatic rings. The molecule has 4 saturated carbocycles. The minimum absolute atomic E-state index is 0.203. The Kier molecular flexibility index (Phi) is 3.23. The van der Waals surface area contributed by atoms with Gasteiger partial charge in [0.05, 0.1) is 6.61 Å². The maximum absolute atomic E-state index is 11.7. The summed E-state index contributed by atoms with van der Waals surface area (Å²) in [7, 11) is 0. The highest BCUT2D eigenvalue weighted by molar-refractivity contribution is 5.86. The molecule has 0 N–H and O–H groups in total. The molecule has 4 fully saturated rings. The number of esters is 1. The Bertz CT molecular complexity index is 384. The molecule has 2 heteroatoms. The summed E-state index contributed by atoms with van der Waals surface area (Å²) < 4.78 is 5.58. The number of carbonyl (C=O) groups excluding carboxylic acids is 1. The van der Waals surface area contributed by atoms with E-state index in [1.165, 1.54) is 38.5 Å². The van der Waals surface area contributed by atoms with Gasteiger partial charge in [0.2, 0.25) is 0 Å². The maximum Gasteiger partial charge on any atom is 0.333 e. The third-order valence-corrected chi connectivity index (χ3v) is 5.96. The molecule has 4 aliphatic rings. The van der Waals surface area contributed by atoms with E-state index in [-0.39, 0.29) is 5.97 Å². The molecule has 0 aliphatic heterocycles. The highest BCUT2D eigenvalue weighted by Gasteiger charge is 2.56. The van der Waals surface area contributed by atoms with Gasteiger partial charge in [-0.1, -0.05) is 19.9 Å². The van der Waals surface area contributed by atoms with Crippen LogP contribution in [0.25, 0.3) is 0 Å². The quantitative estimate of drug-likeness (QED) is 0.566. The molecule has 0 amide bonds. The Morgan fingerprint density at radius 1 is 1.26 bits per heavy atom. The predicted octanol–water partition coefficient (Wildman–Crippen LogP) is 3.96. The summed E-state index contributed by atoms with van der Waals surface area (Å²) in [5.74, 6) is 3.29. The molecule has 0 radical (unpaired) electrons. The van der Waals surface area contributed by atoms with Gasteiger partial charge >= 0.3 is 5.97 Å². The van der Waals surface area contributed by atoms with Crippen LogP contribution in [0.5, 0.6) is 0 Å². The normalized spacial score (nSPS) is 43.3. The van der Waals surface area contributed by atoms with Crippen LogP contribution in [0.2, 0.25) is 0 Å². The molecule has 2 nitrogen and oxygen atoms in total. The van der Waals surface area contributed by atoms with Crippen LogP contribution < -0.4 is 0 Å². The van der Waals surface area contributed by atoms with Gasteiger partial charge in [-0.3, -0.25) is 0 Å². The fourth-order valence-corrected chi connectivity index (χ4v) is 5.64. The Morgan fingerprint density at radius 3 is 2.42 bits per heavy atom. The number of hydrogen-bond acceptors (Lipinski definition) is 2. The molecule has 3 unspecified atom stereocenters. The van der Waals surface area contributed by atoms with Crippen LogP contribution in [0.15, 0.2) is 12.2 Å². The van der Waals surface area contributed by atoms with Gasteiger partial charge in [-0.2, -0.15) is 0 Å². The summed E-state index contributed by atoms with van der Waals surface area (Å²) in [6, 6.07) is 0. The van der Waals surface area contributed by atoms with Crippen LogP contribution in [0.4, 0.5) is 0 Å². The fraction of sp³-hybridized carbons (Fsp3) is 0.824. The predicted molar refractivity (Wildman–Crippen MR) is 75.5 cm³/mol. The lowest BCUT2D eigenvalue weighted by Gasteiger charge is -2.61. The minimum atomic E-state index is -0.203. The van der Waals surface area contributed by atoms with Crippen molar-refractivity contribution in [1.82, 2.24) is 0 Å². The van der Waals surface area contributed by atoms with E-state index in [1.807, 2.05) is 0 Å². The Morgan fingerprint density at radius 2 is 1.89 bits per heavy atom. The van der Waals surface area contributed by atoms with Crippen molar-refractivity contribution in [2.24, 2.45) is 29.1 Å². The maximum atomic E-state index is 11.7. The van der Waals surface area contributed by atoms with Crippen molar-refractivity contribution >= 4 is 5.97 Å². The summed E-state index contributed by atoms with van der Waals surface area (Å²) in [4.78, 5) is 11.7. The molecule has 4 bridgehead atoms. The van der Waals surface area contributed by atoms with E-state index in [9.17, 15) is 4.79 Å². The summed E-state index contributed by atoms with van der Waals surface area (Å²) in [6.07, 6.45) is 8.14. The number of carbonyl (C=O) groups is 1. The number of rotatable bonds is 4. The van der Waals surface area contributed by atoms with Gasteiger partial charge in [0.15, 0.2) is 0 Å². The van der Waals surface area contributed by atoms with Crippen LogP contribution in [0, 0.1) is 29.1 Å². The second kappa shape index (κ2) is 4.64. The second-order valence-corrected chi connectivity index (χ2v) is 7.34. The van der Waals surface area contributed by atoms with Gasteiger partial charge in [0, 0.05) is 11.0 Å². The molecule has 0 saturated heterocycles. The van der Waals surface area contributed by atoms with Gasteiger partial charge in [0.1, 0.15) is 0 Å².